The van der Waals surface area contributed by atoms with Gasteiger partial charge in [-0.3, -0.25) is 0 Å². The van der Waals surface area contributed by atoms with E-state index in [1.807, 2.05) is 27.7 Å². The van der Waals surface area contributed by atoms with E-state index in [9.17, 15) is 4.79 Å². The number of rotatable bonds is 5. The van der Waals surface area contributed by atoms with Gasteiger partial charge in [0.15, 0.2) is 0 Å². The smallest absolute Gasteiger partial charge is 0.407 e. The first-order valence-electron chi connectivity index (χ1n) is 8.77. The van der Waals surface area contributed by atoms with Gasteiger partial charge in [0, 0.05) is 19.3 Å². The molecule has 6 nitrogen and oxygen atoms in total. The highest BCUT2D eigenvalue weighted by atomic mass is 16.6. The third-order valence-electron chi connectivity index (χ3n) is 4.32. The monoisotopic (exact) mass is 328 g/mol. The second-order valence-corrected chi connectivity index (χ2v) is 7.58. The average Bonchev–Trinajstić information content (AvgIpc) is 2.42. The molecule has 1 saturated carbocycles. The maximum absolute atomic E-state index is 12.0. The van der Waals surface area contributed by atoms with Gasteiger partial charge in [0.2, 0.25) is 0 Å². The van der Waals surface area contributed by atoms with Crippen LogP contribution in [0.15, 0.2) is 0 Å². The second kappa shape index (κ2) is 7.81. The molecule has 0 bridgehead atoms. The van der Waals surface area contributed by atoms with Gasteiger partial charge in [-0.15, -0.1) is 0 Å². The first-order chi connectivity index (χ1) is 10.8. The fraction of sp³-hybridized carbons (Fsp3) is 0.941. The highest BCUT2D eigenvalue weighted by molar-refractivity contribution is 5.68. The van der Waals surface area contributed by atoms with E-state index < -0.39 is 5.60 Å². The molecule has 6 heteroatoms. The van der Waals surface area contributed by atoms with Crippen LogP contribution in [0.4, 0.5) is 4.79 Å². The number of carbonyl (C=O) groups is 1. The Morgan fingerprint density at radius 1 is 1.30 bits per heavy atom. The van der Waals surface area contributed by atoms with Gasteiger partial charge in [-0.25, -0.2) is 4.79 Å². The minimum absolute atomic E-state index is 0.0551. The zero-order chi connectivity index (χ0) is 17.0. The van der Waals surface area contributed by atoms with Crippen LogP contribution >= 0.6 is 0 Å². The molecule has 0 radical (unpaired) electrons. The van der Waals surface area contributed by atoms with Crippen molar-refractivity contribution in [2.75, 3.05) is 13.2 Å². The van der Waals surface area contributed by atoms with E-state index in [1.165, 1.54) is 0 Å². The molecule has 0 aromatic heterocycles. The third-order valence-corrected chi connectivity index (χ3v) is 4.32. The summed E-state index contributed by atoms with van der Waals surface area (Å²) >= 11 is 0. The van der Waals surface area contributed by atoms with E-state index in [4.69, 9.17) is 14.2 Å². The maximum Gasteiger partial charge on any atom is 0.407 e. The molecule has 1 heterocycles. The zero-order valence-corrected chi connectivity index (χ0v) is 15.1. The minimum atomic E-state index is -0.480. The van der Waals surface area contributed by atoms with Crippen LogP contribution in [0.2, 0.25) is 0 Å². The number of carbonyl (C=O) groups excluding carboxylic acids is 1. The first-order valence-corrected chi connectivity index (χ1v) is 8.77. The lowest BCUT2D eigenvalue weighted by atomic mass is 9.81. The van der Waals surface area contributed by atoms with Crippen LogP contribution in [0.5, 0.6) is 0 Å². The van der Waals surface area contributed by atoms with Crippen LogP contribution in [0.3, 0.4) is 0 Å². The van der Waals surface area contributed by atoms with E-state index in [-0.39, 0.29) is 30.4 Å². The van der Waals surface area contributed by atoms with Crippen LogP contribution in [-0.4, -0.2) is 55.2 Å². The number of amides is 1. The highest BCUT2D eigenvalue weighted by Gasteiger charge is 2.44. The zero-order valence-electron chi connectivity index (χ0n) is 15.1. The van der Waals surface area contributed by atoms with Gasteiger partial charge in [0.25, 0.3) is 0 Å². The van der Waals surface area contributed by atoms with E-state index in [0.29, 0.717) is 12.6 Å². The maximum atomic E-state index is 12.0. The van der Waals surface area contributed by atoms with E-state index in [0.717, 1.165) is 25.9 Å². The first kappa shape index (κ1) is 18.5. The molecule has 23 heavy (non-hydrogen) atoms. The largest absolute Gasteiger partial charge is 0.444 e. The van der Waals surface area contributed by atoms with Crippen LogP contribution in [0.1, 0.15) is 53.9 Å². The Morgan fingerprint density at radius 3 is 2.65 bits per heavy atom. The highest BCUT2D eigenvalue weighted by Crippen LogP contribution is 2.27. The van der Waals surface area contributed by atoms with Crippen LogP contribution in [-0.2, 0) is 14.2 Å². The average molecular weight is 328 g/mol. The standard InChI is InChI=1S/C17H32N2O4/c1-6-21-14-10-13(19-16(20)23-17(3,4)5)15(14)18-12-7-8-22-11(2)9-12/h11-15,18H,6-10H2,1-5H3,(H,19,20). The molecule has 1 aliphatic carbocycles. The molecule has 2 aliphatic rings. The van der Waals surface area contributed by atoms with Crippen LogP contribution in [0, 0.1) is 0 Å². The summed E-state index contributed by atoms with van der Waals surface area (Å²) in [7, 11) is 0. The van der Waals surface area contributed by atoms with Crippen molar-refractivity contribution in [3.8, 4) is 0 Å². The van der Waals surface area contributed by atoms with E-state index >= 15 is 0 Å². The lowest BCUT2D eigenvalue weighted by Crippen LogP contribution is -2.68. The predicted octanol–water partition coefficient (Wildman–Crippen LogP) is 2.21. The van der Waals surface area contributed by atoms with Gasteiger partial charge in [-0.2, -0.15) is 0 Å². The Bertz CT molecular complexity index is 397. The molecule has 0 spiro atoms. The lowest BCUT2D eigenvalue weighted by Gasteiger charge is -2.47. The van der Waals surface area contributed by atoms with Crippen LogP contribution in [0.25, 0.3) is 0 Å². The molecular weight excluding hydrogens is 296 g/mol. The van der Waals surface area contributed by atoms with Crippen molar-refractivity contribution in [1.82, 2.24) is 10.6 Å². The third kappa shape index (κ3) is 5.62. The van der Waals surface area contributed by atoms with Crippen molar-refractivity contribution in [3.05, 3.63) is 0 Å². The lowest BCUT2D eigenvalue weighted by molar-refractivity contribution is -0.0565. The van der Waals surface area contributed by atoms with Crippen molar-refractivity contribution >= 4 is 6.09 Å². The Labute approximate surface area is 139 Å². The summed E-state index contributed by atoms with van der Waals surface area (Å²) in [6, 6.07) is 0.604. The van der Waals surface area contributed by atoms with E-state index in [2.05, 4.69) is 17.6 Å². The van der Waals surface area contributed by atoms with Gasteiger partial charge in [0.1, 0.15) is 5.60 Å². The summed E-state index contributed by atoms with van der Waals surface area (Å²) in [6.07, 6.45) is 2.89. The molecule has 2 N–H and O–H groups in total. The quantitative estimate of drug-likeness (QED) is 0.810. The van der Waals surface area contributed by atoms with Crippen molar-refractivity contribution in [2.24, 2.45) is 0 Å². The fourth-order valence-electron chi connectivity index (χ4n) is 3.25. The minimum Gasteiger partial charge on any atom is -0.444 e. The van der Waals surface area contributed by atoms with Gasteiger partial charge in [0.05, 0.1) is 24.3 Å². The fourth-order valence-corrected chi connectivity index (χ4v) is 3.25. The van der Waals surface area contributed by atoms with Crippen LogP contribution < -0.4 is 10.6 Å². The normalized spacial score (nSPS) is 34.6. The molecule has 2 rings (SSSR count). The Hall–Kier alpha value is -0.850. The number of hydrogen-bond acceptors (Lipinski definition) is 5. The number of ether oxygens (including phenoxy) is 3. The Balaban J connectivity index is 1.87. The summed E-state index contributed by atoms with van der Waals surface area (Å²) in [6.45, 7) is 11.2. The van der Waals surface area contributed by atoms with Crippen molar-refractivity contribution in [2.45, 2.75) is 89.8 Å². The Kier molecular flexibility index (Phi) is 6.28. The molecular formula is C17H32N2O4. The van der Waals surface area contributed by atoms with Crippen molar-refractivity contribution in [3.63, 3.8) is 0 Å². The summed E-state index contributed by atoms with van der Waals surface area (Å²) in [5, 5.41) is 6.64. The second-order valence-electron chi connectivity index (χ2n) is 7.58. The molecule has 0 aromatic rings. The van der Waals surface area contributed by atoms with Crippen molar-refractivity contribution < 1.29 is 19.0 Å². The topological polar surface area (TPSA) is 68.8 Å². The van der Waals surface area contributed by atoms with Crippen molar-refractivity contribution in [1.29, 1.82) is 0 Å². The molecule has 1 amide bonds. The predicted molar refractivity (Wildman–Crippen MR) is 88.5 cm³/mol. The summed E-state index contributed by atoms with van der Waals surface area (Å²) in [5.41, 5.74) is -0.480. The summed E-state index contributed by atoms with van der Waals surface area (Å²) < 4.78 is 16.7. The van der Waals surface area contributed by atoms with Gasteiger partial charge < -0.3 is 24.8 Å². The molecule has 5 unspecified atom stereocenters. The van der Waals surface area contributed by atoms with Gasteiger partial charge in [-0.1, -0.05) is 0 Å². The number of hydrogen-bond donors (Lipinski definition) is 2. The van der Waals surface area contributed by atoms with Gasteiger partial charge >= 0.3 is 6.09 Å². The van der Waals surface area contributed by atoms with Gasteiger partial charge in [-0.05, 0) is 53.9 Å². The number of nitrogens with one attached hydrogen (secondary N) is 2. The van der Waals surface area contributed by atoms with E-state index in [1.54, 1.807) is 0 Å². The molecule has 5 atom stereocenters. The molecule has 1 aliphatic heterocycles. The molecule has 2 fully saturated rings. The Morgan fingerprint density at radius 2 is 2.04 bits per heavy atom. The molecule has 0 aromatic carbocycles. The molecule has 134 valence electrons. The summed E-state index contributed by atoms with van der Waals surface area (Å²) in [5.74, 6) is 0. The molecule has 1 saturated heterocycles. The summed E-state index contributed by atoms with van der Waals surface area (Å²) in [4.78, 5) is 12.0. The number of alkyl carbamates (subject to hydrolysis) is 1. The SMILES string of the molecule is CCOC1CC(NC(=O)OC(C)(C)C)C1NC1CCOC(C)C1.